The maximum atomic E-state index is 12.8. The number of nitrogens with one attached hydrogen (secondary N) is 3. The molecule has 1 amide bonds. The normalized spacial score (nSPS) is 17.2. The molecule has 4 rings (SSSR count). The summed E-state index contributed by atoms with van der Waals surface area (Å²) in [7, 11) is 0. The van der Waals surface area contributed by atoms with E-state index in [1.807, 2.05) is 5.32 Å². The Bertz CT molecular complexity index is 1220. The molecule has 1 aromatic heterocycles. The van der Waals surface area contributed by atoms with E-state index in [0.717, 1.165) is 49.6 Å². The van der Waals surface area contributed by atoms with Crippen molar-refractivity contribution < 1.29 is 32.3 Å². The van der Waals surface area contributed by atoms with Crippen LogP contribution in [-0.2, 0) is 25.5 Å². The molecule has 0 bridgehead atoms. The number of halogens is 3. The quantitative estimate of drug-likeness (QED) is 0.400. The summed E-state index contributed by atoms with van der Waals surface area (Å²) in [6.45, 7) is 1.96. The zero-order valence-electron chi connectivity index (χ0n) is 20.9. The minimum atomic E-state index is -5.03. The van der Waals surface area contributed by atoms with Crippen LogP contribution in [0.2, 0.25) is 0 Å². The van der Waals surface area contributed by atoms with Gasteiger partial charge in [0.1, 0.15) is 6.04 Å². The van der Waals surface area contributed by atoms with Crippen molar-refractivity contribution >= 4 is 34.7 Å². The van der Waals surface area contributed by atoms with Crippen LogP contribution in [0.25, 0.3) is 0 Å². The van der Waals surface area contributed by atoms with Gasteiger partial charge in [-0.1, -0.05) is 31.4 Å². The molecule has 1 aromatic carbocycles. The fourth-order valence-corrected chi connectivity index (χ4v) is 4.85. The van der Waals surface area contributed by atoms with E-state index in [0.29, 0.717) is 12.1 Å². The first-order valence-corrected chi connectivity index (χ1v) is 12.5. The van der Waals surface area contributed by atoms with Gasteiger partial charge in [0, 0.05) is 30.1 Å². The van der Waals surface area contributed by atoms with Gasteiger partial charge in [0.05, 0.1) is 29.6 Å². The Labute approximate surface area is 218 Å². The minimum Gasteiger partial charge on any atom is -0.464 e. The van der Waals surface area contributed by atoms with Gasteiger partial charge in [-0.15, -0.1) is 0 Å². The van der Waals surface area contributed by atoms with Crippen molar-refractivity contribution in [3.8, 4) is 0 Å². The van der Waals surface area contributed by atoms with Crippen LogP contribution in [0.15, 0.2) is 54.5 Å². The summed E-state index contributed by atoms with van der Waals surface area (Å²) >= 11 is 0. The maximum Gasteiger partial charge on any atom is 0.471 e. The molecule has 38 heavy (non-hydrogen) atoms. The number of hydrogen-bond donors (Lipinski definition) is 3. The number of amides is 1. The van der Waals surface area contributed by atoms with Gasteiger partial charge in [0.25, 0.3) is 0 Å². The highest BCUT2D eigenvalue weighted by atomic mass is 19.4. The molecule has 8 nitrogen and oxygen atoms in total. The molecular formula is C27H29F3N4O4. The number of pyridine rings is 1. The number of carbonyl (C=O) groups excluding carboxylic acids is 3. The number of hydrogen-bond acceptors (Lipinski definition) is 7. The molecule has 0 unspecified atom stereocenters. The third-order valence-electron chi connectivity index (χ3n) is 6.87. The third-order valence-corrected chi connectivity index (χ3v) is 6.87. The molecule has 11 heteroatoms. The van der Waals surface area contributed by atoms with E-state index >= 15 is 0 Å². The van der Waals surface area contributed by atoms with Gasteiger partial charge in [-0.05, 0) is 43.5 Å². The van der Waals surface area contributed by atoms with Gasteiger partial charge in [-0.3, -0.25) is 14.6 Å². The average Bonchev–Trinajstić information content (AvgIpc) is 2.90. The van der Waals surface area contributed by atoms with Crippen LogP contribution in [0.4, 0.5) is 30.2 Å². The Morgan fingerprint density at radius 1 is 1.08 bits per heavy atom. The van der Waals surface area contributed by atoms with E-state index in [4.69, 9.17) is 4.74 Å². The predicted molar refractivity (Wildman–Crippen MR) is 135 cm³/mol. The number of esters is 1. The van der Waals surface area contributed by atoms with Gasteiger partial charge < -0.3 is 20.7 Å². The lowest BCUT2D eigenvalue weighted by Crippen LogP contribution is -2.52. The number of aromatic nitrogens is 1. The Morgan fingerprint density at radius 2 is 1.79 bits per heavy atom. The molecule has 1 heterocycles. The first kappa shape index (κ1) is 27.2. The topological polar surface area (TPSA) is 109 Å². The zero-order valence-corrected chi connectivity index (χ0v) is 20.9. The largest absolute Gasteiger partial charge is 0.471 e. The van der Waals surface area contributed by atoms with E-state index in [1.54, 1.807) is 37.3 Å². The third kappa shape index (κ3) is 5.98. The van der Waals surface area contributed by atoms with Crippen LogP contribution in [0.1, 0.15) is 44.6 Å². The molecular weight excluding hydrogens is 501 g/mol. The summed E-state index contributed by atoms with van der Waals surface area (Å²) in [4.78, 5) is 40.3. The second-order valence-electron chi connectivity index (χ2n) is 9.41. The van der Waals surface area contributed by atoms with Crippen molar-refractivity contribution in [3.63, 3.8) is 0 Å². The van der Waals surface area contributed by atoms with Crippen molar-refractivity contribution in [3.05, 3.63) is 60.1 Å². The fraction of sp³-hybridized carbons (Fsp3) is 0.407. The number of nitrogens with zero attached hydrogens (tertiary/aromatic N) is 1. The summed E-state index contributed by atoms with van der Waals surface area (Å²) in [5.41, 5.74) is 1.76. The van der Waals surface area contributed by atoms with Gasteiger partial charge in [-0.25, -0.2) is 4.79 Å². The van der Waals surface area contributed by atoms with E-state index in [2.05, 4.69) is 15.6 Å². The van der Waals surface area contributed by atoms with Crippen molar-refractivity contribution in [2.75, 3.05) is 17.2 Å². The molecule has 1 saturated carbocycles. The number of rotatable bonds is 9. The summed E-state index contributed by atoms with van der Waals surface area (Å²) in [5, 5.41) is 8.06. The van der Waals surface area contributed by atoms with Crippen LogP contribution in [0.5, 0.6) is 0 Å². The van der Waals surface area contributed by atoms with E-state index < -0.39 is 29.5 Å². The van der Waals surface area contributed by atoms with Crippen LogP contribution >= 0.6 is 0 Å². The SMILES string of the molecule is CCOC(=O)[C@H](Cc1ccc(Nc2ccncc2NC(=O)C(F)(F)F)cc1)NC1=CC(=O)C12CCCCC2. The monoisotopic (exact) mass is 530 g/mol. The molecule has 202 valence electrons. The first-order valence-electron chi connectivity index (χ1n) is 12.5. The molecule has 1 fully saturated rings. The number of benzene rings is 1. The number of ether oxygens (including phenoxy) is 1. The molecule has 0 radical (unpaired) electrons. The van der Waals surface area contributed by atoms with Crippen molar-refractivity contribution in [2.24, 2.45) is 5.41 Å². The lowest BCUT2D eigenvalue weighted by atomic mass is 9.62. The maximum absolute atomic E-state index is 12.8. The highest BCUT2D eigenvalue weighted by molar-refractivity contribution is 6.05. The smallest absolute Gasteiger partial charge is 0.464 e. The Morgan fingerprint density at radius 3 is 2.42 bits per heavy atom. The second-order valence-corrected chi connectivity index (χ2v) is 9.41. The zero-order chi connectivity index (χ0) is 27.3. The summed E-state index contributed by atoms with van der Waals surface area (Å²) < 4.78 is 43.3. The molecule has 1 atom stereocenters. The number of carbonyl (C=O) groups is 3. The van der Waals surface area contributed by atoms with Crippen molar-refractivity contribution in [1.82, 2.24) is 10.3 Å². The van der Waals surface area contributed by atoms with Crippen LogP contribution in [0, 0.1) is 5.41 Å². The van der Waals surface area contributed by atoms with E-state index in [1.165, 1.54) is 12.3 Å². The average molecular weight is 531 g/mol. The Kier molecular flexibility index (Phi) is 8.03. The summed E-state index contributed by atoms with van der Waals surface area (Å²) in [5.74, 6) is -2.40. The number of anilines is 3. The number of alkyl halides is 3. The standard InChI is InChI=1S/C27H29F3N4O4/c1-2-38-24(36)20(33-22-15-23(35)26(22)11-4-3-5-12-26)14-17-6-8-18(9-7-17)32-19-10-13-31-16-21(19)34-25(37)27(28,29)30/h6-10,13,15-16,20,33H,2-5,11-12,14H2,1H3,(H,31,32)(H,34,37)/t20-/m0/s1. The lowest BCUT2D eigenvalue weighted by molar-refractivity contribution is -0.167. The highest BCUT2D eigenvalue weighted by Gasteiger charge is 2.49. The number of allylic oxidation sites excluding steroid dienone is 2. The molecule has 3 N–H and O–H groups in total. The number of ketones is 1. The predicted octanol–water partition coefficient (Wildman–Crippen LogP) is 4.81. The molecule has 2 aliphatic rings. The van der Waals surface area contributed by atoms with Crippen molar-refractivity contribution in [2.45, 2.75) is 57.7 Å². The Balaban J connectivity index is 1.45. The fourth-order valence-electron chi connectivity index (χ4n) is 4.85. The van der Waals surface area contributed by atoms with Crippen LogP contribution < -0.4 is 16.0 Å². The molecule has 2 aromatic rings. The molecule has 0 saturated heterocycles. The second kappa shape index (κ2) is 11.2. The summed E-state index contributed by atoms with van der Waals surface area (Å²) in [6.07, 6.45) is 3.96. The summed E-state index contributed by atoms with van der Waals surface area (Å²) in [6, 6.07) is 7.74. The molecule has 0 aliphatic heterocycles. The molecule has 2 aliphatic carbocycles. The van der Waals surface area contributed by atoms with Crippen LogP contribution in [-0.4, -0.2) is 41.5 Å². The minimum absolute atomic E-state index is 0.111. The van der Waals surface area contributed by atoms with E-state index in [-0.39, 0.29) is 23.8 Å². The van der Waals surface area contributed by atoms with Gasteiger partial charge in [-0.2, -0.15) is 13.2 Å². The molecule has 1 spiro atoms. The van der Waals surface area contributed by atoms with Gasteiger partial charge in [0.2, 0.25) is 0 Å². The van der Waals surface area contributed by atoms with Gasteiger partial charge in [0.15, 0.2) is 5.78 Å². The first-order chi connectivity index (χ1) is 18.1. The highest BCUT2D eigenvalue weighted by Crippen LogP contribution is 2.48. The van der Waals surface area contributed by atoms with Gasteiger partial charge >= 0.3 is 18.1 Å². The Hall–Kier alpha value is -3.89. The van der Waals surface area contributed by atoms with Crippen molar-refractivity contribution in [1.29, 1.82) is 0 Å². The lowest BCUT2D eigenvalue weighted by Gasteiger charge is -2.44. The van der Waals surface area contributed by atoms with Crippen LogP contribution in [0.3, 0.4) is 0 Å². The van der Waals surface area contributed by atoms with E-state index in [9.17, 15) is 27.6 Å².